The minimum absolute atomic E-state index is 0.118. The Morgan fingerprint density at radius 1 is 1.18 bits per heavy atom. The van der Waals surface area contributed by atoms with Crippen LogP contribution in [-0.2, 0) is 9.53 Å². The highest BCUT2D eigenvalue weighted by molar-refractivity contribution is 7.10. The molecule has 3 aromatic heterocycles. The second kappa shape index (κ2) is 11.0. The van der Waals surface area contributed by atoms with Crippen molar-refractivity contribution < 1.29 is 19.1 Å². The maximum atomic E-state index is 12.9. The lowest BCUT2D eigenvalue weighted by Crippen LogP contribution is -2.15. The van der Waals surface area contributed by atoms with Crippen molar-refractivity contribution in [2.24, 2.45) is 0 Å². The molecule has 0 aliphatic heterocycles. The summed E-state index contributed by atoms with van der Waals surface area (Å²) in [5.74, 6) is 0.124. The Hall–Kier alpha value is -4.04. The summed E-state index contributed by atoms with van der Waals surface area (Å²) in [4.78, 5) is 32.7. The molecule has 11 heteroatoms. The molecule has 0 atom stereocenters. The van der Waals surface area contributed by atoms with Crippen LogP contribution in [0.25, 0.3) is 0 Å². The van der Waals surface area contributed by atoms with Crippen molar-refractivity contribution in [2.45, 2.75) is 33.3 Å². The van der Waals surface area contributed by atoms with E-state index < -0.39 is 0 Å². The van der Waals surface area contributed by atoms with Crippen LogP contribution in [0, 0.1) is 18.3 Å². The number of aryl methyl sites for hydroxylation is 1. The lowest BCUT2D eigenvalue weighted by atomic mass is 10.2. The first kappa shape index (κ1) is 23.6. The quantitative estimate of drug-likeness (QED) is 0.450. The van der Waals surface area contributed by atoms with E-state index in [0.29, 0.717) is 39.2 Å². The Kier molecular flexibility index (Phi) is 7.88. The second-order valence-electron chi connectivity index (χ2n) is 7.12. The van der Waals surface area contributed by atoms with Gasteiger partial charge in [0.05, 0.1) is 41.2 Å². The van der Waals surface area contributed by atoms with Gasteiger partial charge in [-0.3, -0.25) is 9.59 Å². The number of amides is 1. The van der Waals surface area contributed by atoms with Gasteiger partial charge in [-0.05, 0) is 50.5 Å². The number of carbonyl (C=O) groups excluding carboxylic acids is 2. The molecule has 0 aliphatic carbocycles. The first-order valence-corrected chi connectivity index (χ1v) is 10.8. The zero-order valence-corrected chi connectivity index (χ0v) is 19.1. The third-order valence-corrected chi connectivity index (χ3v) is 5.00. The molecular formula is C22H22N6O4S. The van der Waals surface area contributed by atoms with Gasteiger partial charge in [0.25, 0.3) is 5.91 Å². The van der Waals surface area contributed by atoms with Crippen LogP contribution in [-0.4, -0.2) is 38.9 Å². The number of anilines is 3. The molecule has 0 saturated heterocycles. The molecule has 0 saturated carbocycles. The van der Waals surface area contributed by atoms with Crippen molar-refractivity contribution >= 4 is 39.9 Å². The van der Waals surface area contributed by atoms with Gasteiger partial charge in [-0.15, -0.1) is 0 Å². The van der Waals surface area contributed by atoms with Crippen LogP contribution in [0.1, 0.15) is 41.9 Å². The number of hydrogen-bond acceptors (Lipinski definition) is 10. The van der Waals surface area contributed by atoms with Crippen molar-refractivity contribution in [3.8, 4) is 11.9 Å². The molecule has 0 bridgehead atoms. The van der Waals surface area contributed by atoms with Gasteiger partial charge in [-0.2, -0.15) is 9.64 Å². The molecular weight excluding hydrogens is 444 g/mol. The maximum Gasteiger partial charge on any atom is 0.309 e. The number of ether oxygens (including phenoxy) is 2. The van der Waals surface area contributed by atoms with E-state index in [1.165, 1.54) is 12.4 Å². The Labute approximate surface area is 194 Å². The number of hydrogen-bond donors (Lipinski definition) is 2. The Morgan fingerprint density at radius 3 is 2.64 bits per heavy atom. The molecule has 170 valence electrons. The maximum absolute atomic E-state index is 12.9. The van der Waals surface area contributed by atoms with Crippen LogP contribution in [0.2, 0.25) is 0 Å². The van der Waals surface area contributed by atoms with Crippen LogP contribution in [0.5, 0.6) is 5.88 Å². The van der Waals surface area contributed by atoms with Crippen molar-refractivity contribution in [1.29, 1.82) is 5.26 Å². The molecule has 10 nitrogen and oxygen atoms in total. The molecule has 0 fully saturated rings. The highest BCUT2D eigenvalue weighted by Gasteiger charge is 2.19. The van der Waals surface area contributed by atoms with Crippen LogP contribution in [0.15, 0.2) is 36.7 Å². The minimum atomic E-state index is -0.357. The van der Waals surface area contributed by atoms with Crippen LogP contribution < -0.4 is 15.4 Å². The van der Waals surface area contributed by atoms with Gasteiger partial charge in [-0.1, -0.05) is 0 Å². The molecule has 1 amide bonds. The van der Waals surface area contributed by atoms with Gasteiger partial charge < -0.3 is 20.1 Å². The first-order valence-electron chi connectivity index (χ1n) is 10.0. The number of nitriles is 1. The SMILES string of the molecule is Cc1nsc(Nc2ccc(C#N)cn2)c1C(=O)Nc1ccc(OCCC(=O)OC(C)C)nc1. The number of pyridine rings is 2. The second-order valence-corrected chi connectivity index (χ2v) is 7.89. The van der Waals surface area contributed by atoms with Gasteiger partial charge in [-0.25, -0.2) is 9.97 Å². The van der Waals surface area contributed by atoms with E-state index in [4.69, 9.17) is 14.7 Å². The van der Waals surface area contributed by atoms with Crippen LogP contribution in [0.4, 0.5) is 16.5 Å². The van der Waals surface area contributed by atoms with E-state index in [1.807, 2.05) is 6.07 Å². The monoisotopic (exact) mass is 466 g/mol. The van der Waals surface area contributed by atoms with E-state index in [-0.39, 0.29) is 31.0 Å². The molecule has 3 rings (SSSR count). The number of nitrogens with one attached hydrogen (secondary N) is 2. The van der Waals surface area contributed by atoms with Gasteiger partial charge in [0.15, 0.2) is 0 Å². The topological polar surface area (TPSA) is 139 Å². The van der Waals surface area contributed by atoms with E-state index in [9.17, 15) is 9.59 Å². The summed E-state index contributed by atoms with van der Waals surface area (Å²) in [5.41, 5.74) is 1.86. The number of rotatable bonds is 9. The normalized spacial score (nSPS) is 10.4. The standard InChI is InChI=1S/C22H22N6O4S/c1-13(2)32-19(29)8-9-31-18-7-5-16(12-25-18)26-21(30)20-14(3)28-33-22(20)27-17-6-4-15(10-23)11-24-17/h4-7,11-13H,8-9H2,1-3H3,(H,24,27)(H,26,30). The molecule has 3 aromatic rings. The molecule has 33 heavy (non-hydrogen) atoms. The Bertz CT molecular complexity index is 1150. The predicted molar refractivity (Wildman–Crippen MR) is 123 cm³/mol. The van der Waals surface area contributed by atoms with E-state index in [0.717, 1.165) is 11.5 Å². The first-order chi connectivity index (χ1) is 15.9. The van der Waals surface area contributed by atoms with E-state index >= 15 is 0 Å². The molecule has 0 unspecified atom stereocenters. The van der Waals surface area contributed by atoms with Gasteiger partial charge >= 0.3 is 5.97 Å². The highest BCUT2D eigenvalue weighted by Crippen LogP contribution is 2.28. The Balaban J connectivity index is 1.59. The van der Waals surface area contributed by atoms with E-state index in [1.54, 1.807) is 45.0 Å². The fraction of sp³-hybridized carbons (Fsp3) is 0.273. The molecule has 0 spiro atoms. The smallest absolute Gasteiger partial charge is 0.309 e. The zero-order valence-electron chi connectivity index (χ0n) is 18.3. The van der Waals surface area contributed by atoms with Crippen molar-refractivity contribution in [2.75, 3.05) is 17.2 Å². The predicted octanol–water partition coefficient (Wildman–Crippen LogP) is 3.83. The average molecular weight is 467 g/mol. The summed E-state index contributed by atoms with van der Waals surface area (Å²) in [6.45, 7) is 5.44. The molecule has 0 aromatic carbocycles. The third-order valence-electron chi connectivity index (χ3n) is 4.14. The summed E-state index contributed by atoms with van der Waals surface area (Å²) < 4.78 is 14.7. The number of aromatic nitrogens is 3. The lowest BCUT2D eigenvalue weighted by molar-refractivity contribution is -0.147. The molecule has 3 heterocycles. The summed E-state index contributed by atoms with van der Waals surface area (Å²) >= 11 is 1.14. The highest BCUT2D eigenvalue weighted by atomic mass is 32.1. The van der Waals surface area contributed by atoms with Gasteiger partial charge in [0.2, 0.25) is 5.88 Å². The molecule has 0 radical (unpaired) electrons. The lowest BCUT2D eigenvalue weighted by Gasteiger charge is -2.10. The number of esters is 1. The number of nitrogens with zero attached hydrogens (tertiary/aromatic N) is 4. The zero-order chi connectivity index (χ0) is 23.8. The van der Waals surface area contributed by atoms with E-state index in [2.05, 4.69) is 25.0 Å². The van der Waals surface area contributed by atoms with Crippen molar-refractivity contribution in [3.05, 3.63) is 53.5 Å². The molecule has 2 N–H and O–H groups in total. The molecule has 0 aliphatic rings. The summed E-state index contributed by atoms with van der Waals surface area (Å²) in [5, 5.41) is 15.3. The summed E-state index contributed by atoms with van der Waals surface area (Å²) in [6, 6.07) is 8.54. The van der Waals surface area contributed by atoms with Crippen molar-refractivity contribution in [3.63, 3.8) is 0 Å². The fourth-order valence-electron chi connectivity index (χ4n) is 2.67. The largest absolute Gasteiger partial charge is 0.477 e. The van der Waals surface area contributed by atoms with Crippen LogP contribution >= 0.6 is 11.5 Å². The summed E-state index contributed by atoms with van der Waals surface area (Å²) in [6.07, 6.45) is 2.85. The Morgan fingerprint density at radius 2 is 2.00 bits per heavy atom. The van der Waals surface area contributed by atoms with Crippen LogP contribution in [0.3, 0.4) is 0 Å². The van der Waals surface area contributed by atoms with Crippen molar-refractivity contribution in [1.82, 2.24) is 14.3 Å². The minimum Gasteiger partial charge on any atom is -0.477 e. The third kappa shape index (κ3) is 6.72. The summed E-state index contributed by atoms with van der Waals surface area (Å²) in [7, 11) is 0. The average Bonchev–Trinajstić information content (AvgIpc) is 3.15. The number of carbonyl (C=O) groups is 2. The van der Waals surface area contributed by atoms with Gasteiger partial charge in [0, 0.05) is 12.3 Å². The van der Waals surface area contributed by atoms with Gasteiger partial charge in [0.1, 0.15) is 23.5 Å². The fourth-order valence-corrected chi connectivity index (χ4v) is 3.47.